The van der Waals surface area contributed by atoms with E-state index < -0.39 is 5.82 Å². The number of aromatic nitrogens is 4. The van der Waals surface area contributed by atoms with Crippen LogP contribution in [0.15, 0.2) is 24.5 Å². The first-order valence-corrected chi connectivity index (χ1v) is 7.37. The Kier molecular flexibility index (Phi) is 4.47. The van der Waals surface area contributed by atoms with Crippen LogP contribution in [-0.2, 0) is 17.9 Å². The van der Waals surface area contributed by atoms with Crippen molar-refractivity contribution < 1.29 is 9.18 Å². The fourth-order valence-electron chi connectivity index (χ4n) is 2.61. The lowest BCUT2D eigenvalue weighted by molar-refractivity contribution is -0.133. The molecule has 9 heteroatoms. The highest BCUT2D eigenvalue weighted by Crippen LogP contribution is 2.18. The third-order valence-corrected chi connectivity index (χ3v) is 3.95. The van der Waals surface area contributed by atoms with Gasteiger partial charge in [0.25, 0.3) is 0 Å². The summed E-state index contributed by atoms with van der Waals surface area (Å²) in [6.45, 7) is 3.41. The van der Waals surface area contributed by atoms with Crippen LogP contribution in [0.4, 0.5) is 10.1 Å². The number of amides is 1. The fourth-order valence-corrected chi connectivity index (χ4v) is 2.61. The molecule has 1 aliphatic heterocycles. The van der Waals surface area contributed by atoms with Crippen molar-refractivity contribution in [2.75, 3.05) is 31.9 Å². The van der Waals surface area contributed by atoms with Crippen LogP contribution in [0.2, 0.25) is 0 Å². The van der Waals surface area contributed by atoms with Crippen molar-refractivity contribution in [2.45, 2.75) is 13.1 Å². The van der Waals surface area contributed by atoms with Gasteiger partial charge in [0.05, 0.1) is 5.69 Å². The van der Waals surface area contributed by atoms with E-state index in [0.29, 0.717) is 19.6 Å². The highest BCUT2D eigenvalue weighted by molar-refractivity contribution is 5.76. The number of nitrogens with zero attached hydrogens (tertiary/aromatic N) is 6. The second kappa shape index (κ2) is 6.69. The highest BCUT2D eigenvalue weighted by Gasteiger charge is 2.22. The summed E-state index contributed by atoms with van der Waals surface area (Å²) in [4.78, 5) is 16.1. The van der Waals surface area contributed by atoms with Crippen LogP contribution in [0, 0.1) is 5.82 Å². The van der Waals surface area contributed by atoms with Crippen molar-refractivity contribution in [3.05, 3.63) is 35.9 Å². The maximum absolute atomic E-state index is 13.5. The van der Waals surface area contributed by atoms with Crippen LogP contribution in [0.3, 0.4) is 0 Å². The van der Waals surface area contributed by atoms with E-state index in [2.05, 4.69) is 20.4 Å². The largest absolute Gasteiger partial charge is 0.396 e. The second-order valence-corrected chi connectivity index (χ2v) is 5.48. The SMILES string of the molecule is Nc1c(F)cccc1CN1CCN(C(=O)Cn2cnnn2)CC1. The molecule has 23 heavy (non-hydrogen) atoms. The summed E-state index contributed by atoms with van der Waals surface area (Å²) < 4.78 is 14.9. The molecule has 1 saturated heterocycles. The molecule has 0 bridgehead atoms. The first-order chi connectivity index (χ1) is 11.1. The summed E-state index contributed by atoms with van der Waals surface area (Å²) in [5.74, 6) is -0.403. The third kappa shape index (κ3) is 3.62. The number of rotatable bonds is 4. The molecule has 1 amide bonds. The van der Waals surface area contributed by atoms with E-state index in [-0.39, 0.29) is 18.1 Å². The standard InChI is InChI=1S/C14H18FN7O/c15-12-3-1-2-11(14(12)16)8-20-4-6-21(7-5-20)13(23)9-22-10-17-18-19-22/h1-3,10H,4-9,16H2. The van der Waals surface area contributed by atoms with E-state index >= 15 is 0 Å². The number of hydrogen-bond donors (Lipinski definition) is 1. The highest BCUT2D eigenvalue weighted by atomic mass is 19.1. The minimum atomic E-state index is -0.391. The monoisotopic (exact) mass is 319 g/mol. The van der Waals surface area contributed by atoms with E-state index in [1.165, 1.54) is 17.1 Å². The minimum absolute atomic E-state index is 0.0118. The van der Waals surface area contributed by atoms with E-state index in [0.717, 1.165) is 18.7 Å². The van der Waals surface area contributed by atoms with Crippen LogP contribution in [-0.4, -0.2) is 62.1 Å². The molecule has 0 saturated carbocycles. The molecule has 1 aliphatic rings. The Morgan fingerprint density at radius 1 is 1.26 bits per heavy atom. The maximum Gasteiger partial charge on any atom is 0.244 e. The van der Waals surface area contributed by atoms with Gasteiger partial charge in [0.1, 0.15) is 18.7 Å². The average Bonchev–Trinajstić information content (AvgIpc) is 3.05. The van der Waals surface area contributed by atoms with Gasteiger partial charge < -0.3 is 10.6 Å². The molecule has 1 aromatic carbocycles. The van der Waals surface area contributed by atoms with Crippen molar-refractivity contribution in [1.82, 2.24) is 30.0 Å². The summed E-state index contributed by atoms with van der Waals surface area (Å²) in [6.07, 6.45) is 1.42. The number of para-hydroxylation sites is 1. The van der Waals surface area contributed by atoms with Gasteiger partial charge >= 0.3 is 0 Å². The molecule has 2 heterocycles. The van der Waals surface area contributed by atoms with E-state index in [1.807, 2.05) is 6.07 Å². The number of hydrogen-bond acceptors (Lipinski definition) is 6. The zero-order valence-corrected chi connectivity index (χ0v) is 12.6. The lowest BCUT2D eigenvalue weighted by Gasteiger charge is -2.34. The molecule has 1 aromatic heterocycles. The van der Waals surface area contributed by atoms with E-state index in [1.54, 1.807) is 11.0 Å². The molecule has 122 valence electrons. The molecule has 2 aromatic rings. The van der Waals surface area contributed by atoms with Gasteiger partial charge in [-0.05, 0) is 22.1 Å². The number of tetrazole rings is 1. The van der Waals surface area contributed by atoms with E-state index in [9.17, 15) is 9.18 Å². The van der Waals surface area contributed by atoms with Gasteiger partial charge in [0.15, 0.2) is 0 Å². The Bertz CT molecular complexity index is 668. The molecular weight excluding hydrogens is 301 g/mol. The predicted molar refractivity (Wildman–Crippen MR) is 80.5 cm³/mol. The fraction of sp³-hybridized carbons (Fsp3) is 0.429. The Hall–Kier alpha value is -2.55. The van der Waals surface area contributed by atoms with Crippen LogP contribution < -0.4 is 5.73 Å². The third-order valence-electron chi connectivity index (χ3n) is 3.95. The quantitative estimate of drug-likeness (QED) is 0.781. The zero-order valence-electron chi connectivity index (χ0n) is 12.6. The number of nitrogens with two attached hydrogens (primary N) is 1. The Balaban J connectivity index is 1.52. The Labute approximate surface area is 132 Å². The summed E-state index contributed by atoms with van der Waals surface area (Å²) in [5, 5.41) is 10.7. The first-order valence-electron chi connectivity index (χ1n) is 7.37. The summed E-state index contributed by atoms with van der Waals surface area (Å²) in [7, 11) is 0. The second-order valence-electron chi connectivity index (χ2n) is 5.48. The van der Waals surface area contributed by atoms with Gasteiger partial charge in [-0.15, -0.1) is 5.10 Å². The number of benzene rings is 1. The molecule has 1 fully saturated rings. The van der Waals surface area contributed by atoms with Gasteiger partial charge in [-0.25, -0.2) is 9.07 Å². The Morgan fingerprint density at radius 2 is 2.04 bits per heavy atom. The number of carbonyl (C=O) groups excluding carboxylic acids is 1. The number of halogens is 1. The molecule has 8 nitrogen and oxygen atoms in total. The molecule has 2 N–H and O–H groups in total. The molecular formula is C14H18FN7O. The number of anilines is 1. The maximum atomic E-state index is 13.5. The van der Waals surface area contributed by atoms with Crippen LogP contribution in [0.25, 0.3) is 0 Å². The smallest absolute Gasteiger partial charge is 0.244 e. The predicted octanol–water partition coefficient (Wildman–Crippen LogP) is -0.261. The molecule has 0 atom stereocenters. The van der Waals surface area contributed by atoms with Gasteiger partial charge in [-0.1, -0.05) is 12.1 Å². The number of piperazine rings is 1. The lowest BCUT2D eigenvalue weighted by atomic mass is 10.1. The van der Waals surface area contributed by atoms with Gasteiger partial charge in [0.2, 0.25) is 5.91 Å². The van der Waals surface area contributed by atoms with Crippen molar-refractivity contribution in [3.63, 3.8) is 0 Å². The number of carbonyl (C=O) groups is 1. The van der Waals surface area contributed by atoms with Crippen LogP contribution >= 0.6 is 0 Å². The first kappa shape index (κ1) is 15.3. The molecule has 0 radical (unpaired) electrons. The van der Waals surface area contributed by atoms with Crippen LogP contribution in [0.1, 0.15) is 5.56 Å². The molecule has 0 spiro atoms. The Morgan fingerprint density at radius 3 is 2.74 bits per heavy atom. The zero-order chi connectivity index (χ0) is 16.2. The van der Waals surface area contributed by atoms with Crippen LogP contribution in [0.5, 0.6) is 0 Å². The normalized spacial score (nSPS) is 15.8. The van der Waals surface area contributed by atoms with Gasteiger partial charge in [-0.2, -0.15) is 0 Å². The summed E-state index contributed by atoms with van der Waals surface area (Å²) in [5.41, 5.74) is 6.74. The van der Waals surface area contributed by atoms with Gasteiger partial charge in [-0.3, -0.25) is 9.69 Å². The van der Waals surface area contributed by atoms with Crippen molar-refractivity contribution in [2.24, 2.45) is 0 Å². The average molecular weight is 319 g/mol. The van der Waals surface area contributed by atoms with Crippen molar-refractivity contribution in [1.29, 1.82) is 0 Å². The van der Waals surface area contributed by atoms with E-state index in [4.69, 9.17) is 5.73 Å². The minimum Gasteiger partial charge on any atom is -0.396 e. The van der Waals surface area contributed by atoms with Crippen molar-refractivity contribution >= 4 is 11.6 Å². The number of nitrogen functional groups attached to an aromatic ring is 1. The topological polar surface area (TPSA) is 93.2 Å². The summed E-state index contributed by atoms with van der Waals surface area (Å²) >= 11 is 0. The van der Waals surface area contributed by atoms with Crippen molar-refractivity contribution in [3.8, 4) is 0 Å². The lowest BCUT2D eigenvalue weighted by Crippen LogP contribution is -2.49. The summed E-state index contributed by atoms with van der Waals surface area (Å²) in [6, 6.07) is 4.84. The molecule has 0 aliphatic carbocycles. The molecule has 0 unspecified atom stereocenters. The van der Waals surface area contributed by atoms with Gasteiger partial charge in [0, 0.05) is 32.7 Å². The molecule has 3 rings (SSSR count).